The summed E-state index contributed by atoms with van der Waals surface area (Å²) in [6, 6.07) is 5.88. The molecule has 5 nitrogen and oxygen atoms in total. The van der Waals surface area contributed by atoms with Crippen LogP contribution in [0.4, 0.5) is 14.0 Å². The van der Waals surface area contributed by atoms with Crippen molar-refractivity contribution in [2.75, 3.05) is 17.2 Å². The first-order chi connectivity index (χ1) is 10.3. The molecule has 2 rings (SSSR count). The summed E-state index contributed by atoms with van der Waals surface area (Å²) in [5, 5.41) is 4.11. The Hall–Kier alpha value is -1.96. The summed E-state index contributed by atoms with van der Waals surface area (Å²) in [6.07, 6.45) is 1.60. The van der Waals surface area contributed by atoms with Crippen LogP contribution in [0.1, 0.15) is 11.3 Å². The van der Waals surface area contributed by atoms with Gasteiger partial charge in [-0.25, -0.2) is 4.39 Å². The monoisotopic (exact) mass is 329 g/mol. The summed E-state index contributed by atoms with van der Waals surface area (Å²) in [5.74, 6) is -0.957. The molecule has 0 unspecified atom stereocenters. The van der Waals surface area contributed by atoms with Crippen LogP contribution in [-0.2, 0) is 23.8 Å². The first-order valence-corrected chi connectivity index (χ1v) is 8.22. The molecule has 22 heavy (non-hydrogen) atoms. The summed E-state index contributed by atoms with van der Waals surface area (Å²) >= 11 is 0. The normalized spacial score (nSPS) is 11.6. The maximum absolute atomic E-state index is 13.0. The van der Waals surface area contributed by atoms with Gasteiger partial charge in [0.1, 0.15) is 5.82 Å². The zero-order valence-electron chi connectivity index (χ0n) is 12.3. The SMILES string of the molecule is Cc1c(N(CCS(=O)(=O)F)Cc2ccc(F)cc2)cnn1C. The lowest BCUT2D eigenvalue weighted by atomic mass is 10.2. The maximum atomic E-state index is 13.0. The van der Waals surface area contributed by atoms with Crippen LogP contribution in [0.5, 0.6) is 0 Å². The standard InChI is InChI=1S/C14H17F2N3O2S/c1-11-14(9-17-18(11)2)19(7-8-22(16,20)21)10-12-3-5-13(15)6-4-12/h3-6,9H,7-8,10H2,1-2H3. The van der Waals surface area contributed by atoms with E-state index in [-0.39, 0.29) is 12.4 Å². The van der Waals surface area contributed by atoms with Crippen LogP contribution in [0.15, 0.2) is 30.5 Å². The molecule has 0 saturated carbocycles. The number of halogens is 2. The highest BCUT2D eigenvalue weighted by molar-refractivity contribution is 7.86. The van der Waals surface area contributed by atoms with Crippen molar-refractivity contribution in [3.05, 3.63) is 47.5 Å². The number of aromatic nitrogens is 2. The Morgan fingerprint density at radius 3 is 2.41 bits per heavy atom. The Balaban J connectivity index is 2.24. The molecular formula is C14H17F2N3O2S. The lowest BCUT2D eigenvalue weighted by molar-refractivity contribution is 0.550. The topological polar surface area (TPSA) is 55.2 Å². The zero-order chi connectivity index (χ0) is 16.3. The van der Waals surface area contributed by atoms with Crippen molar-refractivity contribution in [1.82, 2.24) is 9.78 Å². The molecule has 0 atom stereocenters. The first kappa shape index (κ1) is 16.4. The molecular weight excluding hydrogens is 312 g/mol. The fourth-order valence-electron chi connectivity index (χ4n) is 2.11. The van der Waals surface area contributed by atoms with Crippen LogP contribution in [0.3, 0.4) is 0 Å². The number of benzene rings is 1. The van der Waals surface area contributed by atoms with E-state index in [9.17, 15) is 16.7 Å². The molecule has 0 bridgehead atoms. The van der Waals surface area contributed by atoms with Gasteiger partial charge in [0.15, 0.2) is 0 Å². The number of aryl methyl sites for hydroxylation is 1. The average Bonchev–Trinajstić information content (AvgIpc) is 2.76. The van der Waals surface area contributed by atoms with Gasteiger partial charge in [0.25, 0.3) is 0 Å². The average molecular weight is 329 g/mol. The molecule has 0 aliphatic rings. The van der Waals surface area contributed by atoms with Gasteiger partial charge >= 0.3 is 10.2 Å². The quantitative estimate of drug-likeness (QED) is 0.762. The van der Waals surface area contributed by atoms with Crippen LogP contribution in [-0.4, -0.2) is 30.5 Å². The van der Waals surface area contributed by atoms with Crippen LogP contribution in [0.25, 0.3) is 0 Å². The van der Waals surface area contributed by atoms with Crippen molar-refractivity contribution in [1.29, 1.82) is 0 Å². The summed E-state index contributed by atoms with van der Waals surface area (Å²) in [4.78, 5) is 1.71. The molecule has 2 aromatic rings. The molecule has 1 heterocycles. The van der Waals surface area contributed by atoms with Gasteiger partial charge in [-0.3, -0.25) is 4.68 Å². The minimum atomic E-state index is -4.56. The Kier molecular flexibility index (Phi) is 4.80. The maximum Gasteiger partial charge on any atom is 0.304 e. The Morgan fingerprint density at radius 1 is 1.27 bits per heavy atom. The molecule has 0 amide bonds. The van der Waals surface area contributed by atoms with E-state index in [1.165, 1.54) is 12.1 Å². The first-order valence-electron chi connectivity index (χ1n) is 6.66. The Bertz CT molecular complexity index is 742. The second kappa shape index (κ2) is 6.43. The molecule has 1 aromatic heterocycles. The fraction of sp³-hybridized carbons (Fsp3) is 0.357. The zero-order valence-corrected chi connectivity index (χ0v) is 13.1. The Morgan fingerprint density at radius 2 is 1.91 bits per heavy atom. The highest BCUT2D eigenvalue weighted by Crippen LogP contribution is 2.21. The number of rotatable bonds is 6. The largest absolute Gasteiger partial charge is 0.363 e. The van der Waals surface area contributed by atoms with Crippen molar-refractivity contribution in [3.63, 3.8) is 0 Å². The minimum absolute atomic E-state index is 0.0112. The molecule has 0 N–H and O–H groups in total. The summed E-state index contributed by atoms with van der Waals surface area (Å²) in [7, 11) is -2.80. The van der Waals surface area contributed by atoms with Crippen LogP contribution < -0.4 is 4.90 Å². The lowest BCUT2D eigenvalue weighted by Crippen LogP contribution is -2.28. The second-order valence-electron chi connectivity index (χ2n) is 5.03. The summed E-state index contributed by atoms with van der Waals surface area (Å²) in [6.45, 7) is 2.16. The van der Waals surface area contributed by atoms with Crippen molar-refractivity contribution < 1.29 is 16.7 Å². The highest BCUT2D eigenvalue weighted by Gasteiger charge is 2.17. The van der Waals surface area contributed by atoms with Gasteiger partial charge in [0.05, 0.1) is 23.3 Å². The van der Waals surface area contributed by atoms with E-state index >= 15 is 0 Å². The second-order valence-corrected chi connectivity index (χ2v) is 6.52. The van der Waals surface area contributed by atoms with Crippen LogP contribution in [0, 0.1) is 12.7 Å². The number of hydrogen-bond acceptors (Lipinski definition) is 4. The van der Waals surface area contributed by atoms with Gasteiger partial charge in [-0.2, -0.15) is 13.5 Å². The number of nitrogens with zero attached hydrogens (tertiary/aromatic N) is 3. The lowest BCUT2D eigenvalue weighted by Gasteiger charge is -2.23. The van der Waals surface area contributed by atoms with Gasteiger partial charge in [-0.05, 0) is 24.6 Å². The highest BCUT2D eigenvalue weighted by atomic mass is 32.3. The molecule has 1 aromatic carbocycles. The van der Waals surface area contributed by atoms with Gasteiger partial charge in [-0.1, -0.05) is 12.1 Å². The molecule has 0 aliphatic heterocycles. The third kappa shape index (κ3) is 4.27. The molecule has 0 fully saturated rings. The molecule has 8 heteroatoms. The van der Waals surface area contributed by atoms with E-state index < -0.39 is 16.0 Å². The number of anilines is 1. The van der Waals surface area contributed by atoms with Gasteiger partial charge < -0.3 is 4.90 Å². The Labute approximate surface area is 128 Å². The molecule has 0 spiro atoms. The predicted octanol–water partition coefficient (Wildman–Crippen LogP) is 2.17. The fourth-order valence-corrected chi connectivity index (χ4v) is 2.55. The third-order valence-corrected chi connectivity index (χ3v) is 4.11. The van der Waals surface area contributed by atoms with Crippen molar-refractivity contribution >= 4 is 15.9 Å². The van der Waals surface area contributed by atoms with Gasteiger partial charge in [0.2, 0.25) is 0 Å². The molecule has 120 valence electrons. The minimum Gasteiger partial charge on any atom is -0.363 e. The summed E-state index contributed by atoms with van der Waals surface area (Å²) in [5.41, 5.74) is 2.34. The molecule has 0 radical (unpaired) electrons. The molecule has 0 aliphatic carbocycles. The van der Waals surface area contributed by atoms with E-state index in [1.54, 1.807) is 35.0 Å². The van der Waals surface area contributed by atoms with E-state index in [1.807, 2.05) is 6.92 Å². The number of hydrogen-bond donors (Lipinski definition) is 0. The van der Waals surface area contributed by atoms with E-state index in [2.05, 4.69) is 5.10 Å². The van der Waals surface area contributed by atoms with Crippen molar-refractivity contribution in [3.8, 4) is 0 Å². The van der Waals surface area contributed by atoms with Crippen LogP contribution >= 0.6 is 0 Å². The van der Waals surface area contributed by atoms with Gasteiger partial charge in [-0.15, -0.1) is 3.89 Å². The molecule has 0 saturated heterocycles. The smallest absolute Gasteiger partial charge is 0.304 e. The predicted molar refractivity (Wildman–Crippen MR) is 80.3 cm³/mol. The summed E-state index contributed by atoms with van der Waals surface area (Å²) < 4.78 is 49.0. The van der Waals surface area contributed by atoms with Crippen LogP contribution in [0.2, 0.25) is 0 Å². The third-order valence-electron chi connectivity index (χ3n) is 3.44. The van der Waals surface area contributed by atoms with Crippen molar-refractivity contribution in [2.45, 2.75) is 13.5 Å². The van der Waals surface area contributed by atoms with E-state index in [0.29, 0.717) is 6.54 Å². The van der Waals surface area contributed by atoms with E-state index in [4.69, 9.17) is 0 Å². The van der Waals surface area contributed by atoms with Gasteiger partial charge in [0, 0.05) is 20.1 Å². The van der Waals surface area contributed by atoms with Crippen molar-refractivity contribution in [2.24, 2.45) is 7.05 Å². The van der Waals surface area contributed by atoms with E-state index in [0.717, 1.165) is 16.9 Å².